The van der Waals surface area contributed by atoms with E-state index in [4.69, 9.17) is 14.2 Å². The molecule has 3 fully saturated rings. The third-order valence-corrected chi connectivity index (χ3v) is 12.5. The monoisotopic (exact) mass is 595 g/mol. The van der Waals surface area contributed by atoms with Gasteiger partial charge in [-0.25, -0.2) is 0 Å². The quantitative estimate of drug-likeness (QED) is 0.306. The lowest BCUT2D eigenvalue weighted by atomic mass is 9.73. The number of hydrogen-bond donors (Lipinski definition) is 0. The Morgan fingerprint density at radius 2 is 0.524 bits per heavy atom. The van der Waals surface area contributed by atoms with Crippen molar-refractivity contribution in [1.29, 1.82) is 0 Å². The van der Waals surface area contributed by atoms with Gasteiger partial charge in [-0.15, -0.1) is 0 Å². The van der Waals surface area contributed by atoms with Crippen molar-refractivity contribution in [3.8, 4) is 0 Å². The maximum absolute atomic E-state index is 6.19. The molecule has 0 bridgehead atoms. The van der Waals surface area contributed by atoms with Crippen molar-refractivity contribution in [3.63, 3.8) is 0 Å². The molecule has 0 saturated carbocycles. The third-order valence-electron chi connectivity index (χ3n) is 12.5. The molecule has 3 rings (SSSR count). The van der Waals surface area contributed by atoms with Crippen LogP contribution in [0.25, 0.3) is 0 Å². The van der Waals surface area contributed by atoms with Crippen LogP contribution in [0.1, 0.15) is 144 Å². The second-order valence-corrected chi connectivity index (χ2v) is 16.1. The number of ether oxygens (including phenoxy) is 3. The molecule has 0 aliphatic carbocycles. The molecule has 3 nitrogen and oxygen atoms in total. The molecule has 0 radical (unpaired) electrons. The first-order chi connectivity index (χ1) is 19.5. The van der Waals surface area contributed by atoms with Gasteiger partial charge in [-0.05, 0) is 90.3 Å². The van der Waals surface area contributed by atoms with Crippen molar-refractivity contribution >= 4 is 0 Å². The summed E-state index contributed by atoms with van der Waals surface area (Å²) in [7, 11) is 0. The van der Waals surface area contributed by atoms with Gasteiger partial charge in [-0.1, -0.05) is 125 Å². The molecule has 0 aromatic carbocycles. The zero-order chi connectivity index (χ0) is 32.6. The smallest absolute Gasteiger partial charge is 0.0630 e. The van der Waals surface area contributed by atoms with Gasteiger partial charge in [0.2, 0.25) is 0 Å². The molecule has 3 saturated heterocycles. The Morgan fingerprint density at radius 1 is 0.333 bits per heavy atom. The van der Waals surface area contributed by atoms with E-state index in [0.29, 0.717) is 89.9 Å². The van der Waals surface area contributed by atoms with E-state index in [1.807, 2.05) is 0 Å². The fourth-order valence-electron chi connectivity index (χ4n) is 8.40. The second-order valence-electron chi connectivity index (χ2n) is 16.1. The Balaban J connectivity index is 0.000000315. The van der Waals surface area contributed by atoms with Crippen LogP contribution in [0.15, 0.2) is 0 Å². The molecule has 3 heteroatoms. The minimum atomic E-state index is 0.464. The van der Waals surface area contributed by atoms with Gasteiger partial charge in [0.25, 0.3) is 0 Å². The predicted octanol–water partition coefficient (Wildman–Crippen LogP) is 11.2. The highest BCUT2D eigenvalue weighted by molar-refractivity contribution is 4.88. The van der Waals surface area contributed by atoms with Gasteiger partial charge in [0, 0.05) is 0 Å². The highest BCUT2D eigenvalue weighted by Gasteiger charge is 2.41. The van der Waals surface area contributed by atoms with Crippen LogP contribution in [0.4, 0.5) is 0 Å². The lowest BCUT2D eigenvalue weighted by molar-refractivity contribution is -0.150. The fraction of sp³-hybridized carbons (Fsp3) is 1.00. The molecule has 0 aromatic rings. The molecule has 0 spiro atoms. The topological polar surface area (TPSA) is 27.7 Å². The zero-order valence-electron chi connectivity index (χ0n) is 31.7. The molecule has 3 heterocycles. The minimum Gasteiger partial charge on any atom is -0.374 e. The third kappa shape index (κ3) is 9.94. The van der Waals surface area contributed by atoms with Crippen molar-refractivity contribution < 1.29 is 14.2 Å². The van der Waals surface area contributed by atoms with E-state index < -0.39 is 0 Å². The van der Waals surface area contributed by atoms with E-state index in [2.05, 4.69) is 125 Å². The van der Waals surface area contributed by atoms with Crippen molar-refractivity contribution in [1.82, 2.24) is 0 Å². The second kappa shape index (κ2) is 18.1. The summed E-state index contributed by atoms with van der Waals surface area (Å²) in [5.74, 6) is 8.56. The van der Waals surface area contributed by atoms with E-state index in [1.165, 1.54) is 0 Å². The molecule has 7 unspecified atom stereocenters. The first-order valence-electron chi connectivity index (χ1n) is 18.4. The molecule has 0 aromatic heterocycles. The van der Waals surface area contributed by atoms with Crippen molar-refractivity contribution in [2.75, 3.05) is 0 Å². The molecule has 0 N–H and O–H groups in total. The van der Waals surface area contributed by atoms with Gasteiger partial charge in [-0.2, -0.15) is 0 Å². The molecule has 42 heavy (non-hydrogen) atoms. The Labute approximate surface area is 265 Å². The van der Waals surface area contributed by atoms with Crippen LogP contribution < -0.4 is 0 Å². The van der Waals surface area contributed by atoms with Gasteiger partial charge in [0.15, 0.2) is 0 Å². The van der Waals surface area contributed by atoms with Gasteiger partial charge in [0.05, 0.1) is 36.6 Å². The first kappa shape index (κ1) is 39.9. The lowest BCUT2D eigenvalue weighted by Crippen LogP contribution is -2.46. The van der Waals surface area contributed by atoms with E-state index in [0.717, 1.165) is 37.0 Å². The van der Waals surface area contributed by atoms with Crippen LogP contribution >= 0.6 is 0 Å². The Morgan fingerprint density at radius 3 is 0.667 bits per heavy atom. The summed E-state index contributed by atoms with van der Waals surface area (Å²) >= 11 is 0. The lowest BCUT2D eigenvalue weighted by Gasteiger charge is -2.45. The zero-order valence-corrected chi connectivity index (χ0v) is 31.7. The summed E-state index contributed by atoms with van der Waals surface area (Å²) < 4.78 is 18.6. The van der Waals surface area contributed by atoms with E-state index in [9.17, 15) is 0 Å². The molecule has 15 atom stereocenters. The molecular formula is C39H78O3. The van der Waals surface area contributed by atoms with Gasteiger partial charge in [-0.3, -0.25) is 0 Å². The van der Waals surface area contributed by atoms with Crippen LogP contribution in [-0.2, 0) is 14.2 Å². The maximum atomic E-state index is 6.19. The first-order valence-corrected chi connectivity index (χ1v) is 18.4. The summed E-state index contributed by atoms with van der Waals surface area (Å²) in [5.41, 5.74) is 0. The Bertz CT molecular complexity index is 617. The van der Waals surface area contributed by atoms with E-state index in [-0.39, 0.29) is 0 Å². The predicted molar refractivity (Wildman–Crippen MR) is 184 cm³/mol. The van der Waals surface area contributed by atoms with E-state index in [1.54, 1.807) is 0 Å². The Hall–Kier alpha value is -0.120. The molecule has 3 aliphatic heterocycles. The van der Waals surface area contributed by atoms with Crippen molar-refractivity contribution in [2.24, 2.45) is 71.0 Å². The average Bonchev–Trinajstić information content (AvgIpc) is 2.94. The SMILES string of the molecule is CCC1OC(C(C)C)C(C)[C@@H](C)[C@H]1C.CCC1O[C@@H](C(C)C)C(C)[C@@H](C)[C@H]1C.CCC1O[C@H](C(C)C)C(C)[C@@H](C)[C@H]1C. The van der Waals surface area contributed by atoms with Gasteiger partial charge >= 0.3 is 0 Å². The van der Waals surface area contributed by atoms with Crippen molar-refractivity contribution in [2.45, 2.75) is 181 Å². The minimum absolute atomic E-state index is 0.464. The Kier molecular flexibility index (Phi) is 17.2. The standard InChI is InChI=1S/3C13H26O/c3*1-7-12-10(5)9(4)11(6)13(14-12)8(2)3/h3*8-13H,7H2,1-6H3/t9-,10+,11?,12?,13?;9-,10+,11?,12?,13+;9-,10+,11?,12?,13-/m000/s1. The normalized spacial score (nSPS) is 44.4. The summed E-state index contributed by atoms with van der Waals surface area (Å²) in [6.45, 7) is 41.6. The van der Waals surface area contributed by atoms with Crippen LogP contribution in [-0.4, -0.2) is 36.6 Å². The summed E-state index contributed by atoms with van der Waals surface area (Å²) in [4.78, 5) is 0. The maximum Gasteiger partial charge on any atom is 0.0630 e. The van der Waals surface area contributed by atoms with Crippen molar-refractivity contribution in [3.05, 3.63) is 0 Å². The summed E-state index contributed by atoms with van der Waals surface area (Å²) in [6, 6.07) is 0. The van der Waals surface area contributed by atoms with E-state index >= 15 is 0 Å². The highest BCUT2D eigenvalue weighted by atomic mass is 16.5. The number of rotatable bonds is 6. The molecule has 0 amide bonds. The fourth-order valence-corrected chi connectivity index (χ4v) is 8.40. The average molecular weight is 595 g/mol. The summed E-state index contributed by atoms with van der Waals surface area (Å²) in [5, 5.41) is 0. The van der Waals surface area contributed by atoms with Crippen LogP contribution in [0.2, 0.25) is 0 Å². The highest BCUT2D eigenvalue weighted by Crippen LogP contribution is 2.40. The van der Waals surface area contributed by atoms with Crippen LogP contribution in [0, 0.1) is 71.0 Å². The van der Waals surface area contributed by atoms with Crippen LogP contribution in [0.3, 0.4) is 0 Å². The number of hydrogen-bond acceptors (Lipinski definition) is 3. The van der Waals surface area contributed by atoms with Gasteiger partial charge < -0.3 is 14.2 Å². The largest absolute Gasteiger partial charge is 0.374 e. The molecule has 252 valence electrons. The molecule has 3 aliphatic rings. The van der Waals surface area contributed by atoms with Crippen LogP contribution in [0.5, 0.6) is 0 Å². The van der Waals surface area contributed by atoms with Gasteiger partial charge in [0.1, 0.15) is 0 Å². The molecular weight excluding hydrogens is 516 g/mol. The summed E-state index contributed by atoms with van der Waals surface area (Å²) in [6.07, 6.45) is 6.30.